The maximum atomic E-state index is 12.4. The van der Waals surface area contributed by atoms with Gasteiger partial charge in [-0.2, -0.15) is 0 Å². The van der Waals surface area contributed by atoms with Gasteiger partial charge in [0.15, 0.2) is 13.1 Å². The lowest BCUT2D eigenvalue weighted by Gasteiger charge is -2.20. The van der Waals surface area contributed by atoms with Crippen LogP contribution in [-0.4, -0.2) is 56.4 Å². The van der Waals surface area contributed by atoms with Crippen LogP contribution in [0.5, 0.6) is 0 Å². The lowest BCUT2D eigenvalue weighted by Crippen LogP contribution is -3.11. The number of nitrogens with one attached hydrogen (secondary N) is 3. The summed E-state index contributed by atoms with van der Waals surface area (Å²) in [7, 11) is 3.35. The Balaban J connectivity index is 1.77. The highest BCUT2D eigenvalue weighted by molar-refractivity contribution is 5.93. The van der Waals surface area contributed by atoms with Crippen LogP contribution in [0.15, 0.2) is 34.9 Å². The van der Waals surface area contributed by atoms with Crippen molar-refractivity contribution >= 4 is 23.4 Å². The predicted molar refractivity (Wildman–Crippen MR) is 114 cm³/mol. The zero-order valence-electron chi connectivity index (χ0n) is 18.3. The van der Waals surface area contributed by atoms with Crippen LogP contribution in [0.4, 0.5) is 5.69 Å². The first-order valence-electron chi connectivity index (χ1n) is 9.87. The Labute approximate surface area is 177 Å². The Morgan fingerprint density at radius 1 is 1.07 bits per heavy atom. The van der Waals surface area contributed by atoms with Gasteiger partial charge in [0.05, 0.1) is 26.4 Å². The van der Waals surface area contributed by atoms with Crippen LogP contribution in [0.1, 0.15) is 22.5 Å². The number of carbonyl (C=O) groups is 3. The number of benzene rings is 1. The number of furan rings is 1. The molecule has 3 amide bonds. The number of hydrogen-bond donors (Lipinski definition) is 3. The lowest BCUT2D eigenvalue weighted by molar-refractivity contribution is -0.862. The molecular formula is C22H31N4O4+. The van der Waals surface area contributed by atoms with Gasteiger partial charge in [0.25, 0.3) is 11.8 Å². The van der Waals surface area contributed by atoms with E-state index in [0.717, 1.165) is 27.3 Å². The predicted octanol–water partition coefficient (Wildman–Crippen LogP) is 0.433. The summed E-state index contributed by atoms with van der Waals surface area (Å²) >= 11 is 0. The third-order valence-corrected chi connectivity index (χ3v) is 4.70. The van der Waals surface area contributed by atoms with Gasteiger partial charge in [-0.15, -0.1) is 0 Å². The second-order valence-corrected chi connectivity index (χ2v) is 7.74. The summed E-state index contributed by atoms with van der Waals surface area (Å²) in [5.74, 6) is -0.000111. The van der Waals surface area contributed by atoms with Gasteiger partial charge >= 0.3 is 0 Å². The second kappa shape index (κ2) is 10.6. The fourth-order valence-corrected chi connectivity index (χ4v) is 3.25. The molecule has 0 fully saturated rings. The maximum absolute atomic E-state index is 12.4. The minimum atomic E-state index is -0.275. The smallest absolute Gasteiger partial charge is 0.279 e. The first-order chi connectivity index (χ1) is 14.2. The first kappa shape index (κ1) is 23.2. The fraction of sp³-hybridized carbons (Fsp3) is 0.409. The van der Waals surface area contributed by atoms with Crippen molar-refractivity contribution in [2.45, 2.75) is 27.3 Å². The van der Waals surface area contributed by atoms with Crippen molar-refractivity contribution in [3.8, 4) is 0 Å². The van der Waals surface area contributed by atoms with Gasteiger partial charge in [-0.25, -0.2) is 0 Å². The molecule has 3 N–H and O–H groups in total. The van der Waals surface area contributed by atoms with Crippen molar-refractivity contribution < 1.29 is 23.7 Å². The van der Waals surface area contributed by atoms with Gasteiger partial charge in [0.2, 0.25) is 5.91 Å². The number of amides is 3. The molecule has 0 spiro atoms. The number of likely N-dealkylation sites (N-methyl/N-ethyl adjacent to an activating group) is 2. The summed E-state index contributed by atoms with van der Waals surface area (Å²) in [6.07, 6.45) is 1.54. The fourth-order valence-electron chi connectivity index (χ4n) is 3.25. The summed E-state index contributed by atoms with van der Waals surface area (Å²) in [5.41, 5.74) is 3.98. The number of rotatable bonds is 9. The molecule has 0 saturated carbocycles. The molecule has 1 heterocycles. The van der Waals surface area contributed by atoms with Gasteiger partial charge in [-0.3, -0.25) is 14.4 Å². The molecule has 8 heteroatoms. The number of quaternary nitrogens is 1. The molecule has 2 aromatic rings. The molecule has 0 saturated heterocycles. The van der Waals surface area contributed by atoms with Gasteiger partial charge in [-0.1, -0.05) is 17.7 Å². The van der Waals surface area contributed by atoms with Crippen molar-refractivity contribution in [1.82, 2.24) is 10.2 Å². The van der Waals surface area contributed by atoms with Crippen LogP contribution in [-0.2, 0) is 20.9 Å². The third-order valence-electron chi connectivity index (χ3n) is 4.70. The second-order valence-electron chi connectivity index (χ2n) is 7.74. The summed E-state index contributed by atoms with van der Waals surface area (Å²) in [5, 5.41) is 5.64. The molecule has 1 unspecified atom stereocenters. The normalized spacial score (nSPS) is 11.6. The van der Waals surface area contributed by atoms with E-state index < -0.39 is 0 Å². The highest BCUT2D eigenvalue weighted by Gasteiger charge is 2.20. The van der Waals surface area contributed by atoms with E-state index in [2.05, 4.69) is 10.6 Å². The number of hydrogen-bond acceptors (Lipinski definition) is 4. The van der Waals surface area contributed by atoms with Crippen molar-refractivity contribution in [2.24, 2.45) is 0 Å². The number of aryl methyl sites for hydroxylation is 3. The zero-order chi connectivity index (χ0) is 22.3. The van der Waals surface area contributed by atoms with Crippen LogP contribution < -0.4 is 15.5 Å². The molecular weight excluding hydrogens is 384 g/mol. The van der Waals surface area contributed by atoms with E-state index in [-0.39, 0.29) is 43.9 Å². The Hall–Kier alpha value is -3.13. The van der Waals surface area contributed by atoms with Crippen LogP contribution in [0.2, 0.25) is 0 Å². The van der Waals surface area contributed by atoms with Crippen molar-refractivity contribution in [1.29, 1.82) is 0 Å². The Kier molecular flexibility index (Phi) is 8.17. The summed E-state index contributed by atoms with van der Waals surface area (Å²) in [4.78, 5) is 38.9. The van der Waals surface area contributed by atoms with Gasteiger partial charge in [0, 0.05) is 12.7 Å². The standard InChI is InChI=1S/C22H30N4O4/c1-15-9-16(2)22(17(3)10-15)24-20(28)12-25(4)14-21(29)26(5)13-19(27)23-11-18-7-6-8-30-18/h6-10H,11-14H2,1-5H3,(H,23,27)(H,24,28)/p+1. The van der Waals surface area contributed by atoms with Crippen LogP contribution in [0.25, 0.3) is 0 Å². The quantitative estimate of drug-likeness (QED) is 0.554. The van der Waals surface area contributed by atoms with E-state index in [1.807, 2.05) is 32.9 Å². The number of carbonyl (C=O) groups excluding carboxylic acids is 3. The average Bonchev–Trinajstić information content (AvgIpc) is 3.16. The highest BCUT2D eigenvalue weighted by atomic mass is 16.3. The minimum absolute atomic E-state index is 0.0548. The maximum Gasteiger partial charge on any atom is 0.279 e. The van der Waals surface area contributed by atoms with E-state index in [4.69, 9.17) is 4.42 Å². The molecule has 0 aliphatic rings. The largest absolute Gasteiger partial charge is 0.467 e. The summed E-state index contributed by atoms with van der Waals surface area (Å²) in [6.45, 7) is 6.42. The Bertz CT molecular complexity index is 870. The minimum Gasteiger partial charge on any atom is -0.467 e. The molecule has 30 heavy (non-hydrogen) atoms. The van der Waals surface area contributed by atoms with Gasteiger partial charge in [-0.05, 0) is 44.0 Å². The van der Waals surface area contributed by atoms with Crippen LogP contribution >= 0.6 is 0 Å². The highest BCUT2D eigenvalue weighted by Crippen LogP contribution is 2.21. The average molecular weight is 416 g/mol. The zero-order valence-corrected chi connectivity index (χ0v) is 18.3. The van der Waals surface area contributed by atoms with Gasteiger partial charge < -0.3 is 24.9 Å². The molecule has 1 aromatic heterocycles. The Morgan fingerprint density at radius 3 is 2.33 bits per heavy atom. The van der Waals surface area contributed by atoms with Crippen LogP contribution in [0, 0.1) is 20.8 Å². The van der Waals surface area contributed by atoms with Gasteiger partial charge in [0.1, 0.15) is 5.76 Å². The molecule has 0 aliphatic heterocycles. The summed E-state index contributed by atoms with van der Waals surface area (Å²) in [6, 6.07) is 7.55. The molecule has 162 valence electrons. The van der Waals surface area contributed by atoms with E-state index >= 15 is 0 Å². The Morgan fingerprint density at radius 2 is 1.73 bits per heavy atom. The monoisotopic (exact) mass is 415 g/mol. The van der Waals surface area contributed by atoms with E-state index in [1.165, 1.54) is 11.2 Å². The van der Waals surface area contributed by atoms with Crippen molar-refractivity contribution in [3.63, 3.8) is 0 Å². The van der Waals surface area contributed by atoms with E-state index in [9.17, 15) is 14.4 Å². The lowest BCUT2D eigenvalue weighted by atomic mass is 10.1. The molecule has 1 atom stereocenters. The number of anilines is 1. The molecule has 0 bridgehead atoms. The molecule has 2 rings (SSSR count). The van der Waals surface area contributed by atoms with Crippen LogP contribution in [0.3, 0.4) is 0 Å². The molecule has 1 aromatic carbocycles. The third kappa shape index (κ3) is 7.04. The SMILES string of the molecule is Cc1cc(C)c(NC(=O)C[NH+](C)CC(=O)N(C)CC(=O)NCc2ccco2)c(C)c1. The summed E-state index contributed by atoms with van der Waals surface area (Å²) < 4.78 is 5.15. The van der Waals surface area contributed by atoms with Crippen molar-refractivity contribution in [2.75, 3.05) is 39.0 Å². The first-order valence-corrected chi connectivity index (χ1v) is 9.87. The molecule has 0 radical (unpaired) electrons. The molecule has 0 aliphatic carbocycles. The number of nitrogens with zero attached hydrogens (tertiary/aromatic N) is 1. The van der Waals surface area contributed by atoms with E-state index in [1.54, 1.807) is 26.2 Å². The van der Waals surface area contributed by atoms with E-state index in [0.29, 0.717) is 5.76 Å². The topological polar surface area (TPSA) is 96.1 Å². The van der Waals surface area contributed by atoms with Crippen molar-refractivity contribution in [3.05, 3.63) is 53.0 Å². The molecule has 8 nitrogen and oxygen atoms in total.